The van der Waals surface area contributed by atoms with Crippen LogP contribution in [-0.2, 0) is 6.61 Å². The van der Waals surface area contributed by atoms with Gasteiger partial charge in [-0.3, -0.25) is 5.10 Å². The van der Waals surface area contributed by atoms with Crippen molar-refractivity contribution in [3.05, 3.63) is 29.5 Å². The zero-order valence-electron chi connectivity index (χ0n) is 6.78. The lowest BCUT2D eigenvalue weighted by molar-refractivity contribution is 0.278. The third kappa shape index (κ3) is 1.15. The molecule has 4 nitrogen and oxygen atoms in total. The highest BCUT2D eigenvalue weighted by molar-refractivity contribution is 5.82. The second-order valence-corrected chi connectivity index (χ2v) is 2.70. The van der Waals surface area contributed by atoms with Crippen LogP contribution in [0.25, 0.3) is 10.9 Å². The maximum absolute atomic E-state index is 8.93. The van der Waals surface area contributed by atoms with Crippen molar-refractivity contribution >= 4 is 10.9 Å². The summed E-state index contributed by atoms with van der Waals surface area (Å²) in [6.07, 6.45) is 0. The van der Waals surface area contributed by atoms with Crippen molar-refractivity contribution in [3.63, 3.8) is 0 Å². The molecule has 4 heteroatoms. The number of H-pyrrole nitrogens is 1. The minimum absolute atomic E-state index is 0.0919. The molecule has 64 valence electrons. The number of nitriles is 1. The average molecular weight is 173 g/mol. The number of nitrogens with one attached hydrogen (secondary N) is 1. The van der Waals surface area contributed by atoms with E-state index in [2.05, 4.69) is 10.2 Å². The molecule has 0 radical (unpaired) electrons. The monoisotopic (exact) mass is 173 g/mol. The number of hydrogen-bond donors (Lipinski definition) is 2. The number of hydrogen-bond acceptors (Lipinski definition) is 3. The Balaban J connectivity index is 2.73. The number of aromatic nitrogens is 2. The van der Waals surface area contributed by atoms with E-state index in [-0.39, 0.29) is 6.61 Å². The summed E-state index contributed by atoms with van der Waals surface area (Å²) >= 11 is 0. The van der Waals surface area contributed by atoms with E-state index < -0.39 is 0 Å². The molecule has 0 spiro atoms. The topological polar surface area (TPSA) is 72.7 Å². The fourth-order valence-electron chi connectivity index (χ4n) is 1.25. The summed E-state index contributed by atoms with van der Waals surface area (Å²) < 4.78 is 0. The lowest BCUT2D eigenvalue weighted by Gasteiger charge is -1.91. The molecule has 1 aromatic heterocycles. The summed E-state index contributed by atoms with van der Waals surface area (Å²) in [7, 11) is 0. The lowest BCUT2D eigenvalue weighted by atomic mass is 10.1. The van der Waals surface area contributed by atoms with Crippen molar-refractivity contribution in [1.29, 1.82) is 5.26 Å². The first-order valence-electron chi connectivity index (χ1n) is 3.83. The van der Waals surface area contributed by atoms with Crippen LogP contribution in [0.3, 0.4) is 0 Å². The highest BCUT2D eigenvalue weighted by atomic mass is 16.3. The molecule has 0 unspecified atom stereocenters. The van der Waals surface area contributed by atoms with Gasteiger partial charge in [0, 0.05) is 5.39 Å². The summed E-state index contributed by atoms with van der Waals surface area (Å²) in [5.41, 5.74) is 1.98. The predicted octanol–water partition coefficient (Wildman–Crippen LogP) is 0.927. The van der Waals surface area contributed by atoms with Crippen LogP contribution in [-0.4, -0.2) is 15.3 Å². The molecule has 2 rings (SSSR count). The maximum Gasteiger partial charge on any atom is 0.0991 e. The van der Waals surface area contributed by atoms with E-state index >= 15 is 0 Å². The molecule has 0 atom stereocenters. The van der Waals surface area contributed by atoms with E-state index in [1.165, 1.54) is 0 Å². The molecule has 0 saturated heterocycles. The molecular formula is C9H7N3O. The number of rotatable bonds is 1. The maximum atomic E-state index is 8.93. The molecule has 13 heavy (non-hydrogen) atoms. The minimum atomic E-state index is -0.0919. The highest BCUT2D eigenvalue weighted by Gasteiger charge is 2.04. The first-order chi connectivity index (χ1) is 6.35. The highest BCUT2D eigenvalue weighted by Crippen LogP contribution is 2.16. The van der Waals surface area contributed by atoms with Crippen LogP contribution in [0.1, 0.15) is 11.3 Å². The van der Waals surface area contributed by atoms with Gasteiger partial charge in [-0.25, -0.2) is 0 Å². The van der Waals surface area contributed by atoms with Gasteiger partial charge < -0.3 is 5.11 Å². The van der Waals surface area contributed by atoms with Gasteiger partial charge in [0.25, 0.3) is 0 Å². The second-order valence-electron chi connectivity index (χ2n) is 2.70. The predicted molar refractivity (Wildman–Crippen MR) is 46.7 cm³/mol. The van der Waals surface area contributed by atoms with Gasteiger partial charge >= 0.3 is 0 Å². The molecule has 1 aromatic carbocycles. The Bertz CT molecular complexity index is 481. The van der Waals surface area contributed by atoms with Crippen LogP contribution in [0.2, 0.25) is 0 Å². The Hall–Kier alpha value is -1.86. The van der Waals surface area contributed by atoms with Crippen LogP contribution in [0.4, 0.5) is 0 Å². The third-order valence-electron chi connectivity index (χ3n) is 1.92. The Morgan fingerprint density at radius 2 is 2.38 bits per heavy atom. The van der Waals surface area contributed by atoms with Crippen LogP contribution in [0.5, 0.6) is 0 Å². The number of benzene rings is 1. The Morgan fingerprint density at radius 3 is 3.08 bits per heavy atom. The van der Waals surface area contributed by atoms with Gasteiger partial charge in [-0.2, -0.15) is 10.4 Å². The first-order valence-corrected chi connectivity index (χ1v) is 3.83. The Morgan fingerprint density at radius 1 is 1.54 bits per heavy atom. The molecule has 0 fully saturated rings. The van der Waals surface area contributed by atoms with Crippen molar-refractivity contribution in [2.45, 2.75) is 6.61 Å². The van der Waals surface area contributed by atoms with E-state index in [9.17, 15) is 0 Å². The average Bonchev–Trinajstić information content (AvgIpc) is 2.59. The zero-order chi connectivity index (χ0) is 9.26. The summed E-state index contributed by atoms with van der Waals surface area (Å²) in [6.45, 7) is -0.0919. The van der Waals surface area contributed by atoms with E-state index in [0.717, 1.165) is 10.9 Å². The van der Waals surface area contributed by atoms with Crippen molar-refractivity contribution < 1.29 is 5.11 Å². The molecule has 2 aromatic rings. The summed E-state index contributed by atoms with van der Waals surface area (Å²) in [5.74, 6) is 0. The zero-order valence-corrected chi connectivity index (χ0v) is 6.78. The molecule has 0 bridgehead atoms. The number of aliphatic hydroxyl groups excluding tert-OH is 1. The van der Waals surface area contributed by atoms with Crippen molar-refractivity contribution in [3.8, 4) is 6.07 Å². The number of aliphatic hydroxyl groups is 1. The van der Waals surface area contributed by atoms with Crippen LogP contribution in [0.15, 0.2) is 18.2 Å². The van der Waals surface area contributed by atoms with Crippen LogP contribution < -0.4 is 0 Å². The molecule has 0 aliphatic heterocycles. The smallest absolute Gasteiger partial charge is 0.0991 e. The number of aromatic amines is 1. The summed E-state index contributed by atoms with van der Waals surface area (Å²) in [5, 5.41) is 25.1. The quantitative estimate of drug-likeness (QED) is 0.673. The Kier molecular flexibility index (Phi) is 1.72. The van der Waals surface area contributed by atoms with Gasteiger partial charge in [0.15, 0.2) is 0 Å². The Labute approximate surface area is 74.4 Å². The lowest BCUT2D eigenvalue weighted by Crippen LogP contribution is -1.83. The summed E-state index contributed by atoms with van der Waals surface area (Å²) in [6, 6.07) is 7.20. The molecule has 1 heterocycles. The molecular weight excluding hydrogens is 166 g/mol. The van der Waals surface area contributed by atoms with E-state index in [1.807, 2.05) is 6.07 Å². The van der Waals surface area contributed by atoms with Crippen molar-refractivity contribution in [2.75, 3.05) is 0 Å². The van der Waals surface area contributed by atoms with Crippen LogP contribution in [0, 0.1) is 11.3 Å². The van der Waals surface area contributed by atoms with Gasteiger partial charge in [0.2, 0.25) is 0 Å². The van der Waals surface area contributed by atoms with Gasteiger partial charge in [0.05, 0.1) is 29.5 Å². The summed E-state index contributed by atoms with van der Waals surface area (Å²) in [4.78, 5) is 0. The first kappa shape index (κ1) is 7.77. The van der Waals surface area contributed by atoms with Gasteiger partial charge in [0.1, 0.15) is 0 Å². The largest absolute Gasteiger partial charge is 0.390 e. The standard InChI is InChI=1S/C9H7N3O/c10-4-6-1-2-8-7(3-6)9(5-13)12-11-8/h1-3,13H,5H2,(H,11,12). The van der Waals surface area contributed by atoms with Gasteiger partial charge in [-0.1, -0.05) is 0 Å². The molecule has 2 N–H and O–H groups in total. The molecule has 0 saturated carbocycles. The minimum Gasteiger partial charge on any atom is -0.390 e. The van der Waals surface area contributed by atoms with Crippen molar-refractivity contribution in [2.24, 2.45) is 0 Å². The van der Waals surface area contributed by atoms with E-state index in [0.29, 0.717) is 11.3 Å². The number of fused-ring (bicyclic) bond motifs is 1. The van der Waals surface area contributed by atoms with Gasteiger partial charge in [-0.15, -0.1) is 0 Å². The van der Waals surface area contributed by atoms with Gasteiger partial charge in [-0.05, 0) is 18.2 Å². The molecule has 0 aliphatic carbocycles. The fourth-order valence-corrected chi connectivity index (χ4v) is 1.25. The molecule has 0 aliphatic rings. The fraction of sp³-hybridized carbons (Fsp3) is 0.111. The van der Waals surface area contributed by atoms with E-state index in [4.69, 9.17) is 10.4 Å². The van der Waals surface area contributed by atoms with E-state index in [1.54, 1.807) is 18.2 Å². The normalized spacial score (nSPS) is 10.2. The third-order valence-corrected chi connectivity index (χ3v) is 1.92. The molecule has 0 amide bonds. The van der Waals surface area contributed by atoms with Crippen LogP contribution >= 0.6 is 0 Å². The second kappa shape index (κ2) is 2.88. The number of nitrogens with zero attached hydrogens (tertiary/aromatic N) is 2. The van der Waals surface area contributed by atoms with Crippen molar-refractivity contribution in [1.82, 2.24) is 10.2 Å². The SMILES string of the molecule is N#Cc1ccc2n[nH]c(CO)c2c1.